The first-order valence-electron chi connectivity index (χ1n) is 7.43. The average molecular weight is 325 g/mol. The van der Waals surface area contributed by atoms with Crippen LogP contribution in [-0.4, -0.2) is 48.3 Å². The van der Waals surface area contributed by atoms with Gasteiger partial charge in [0.05, 0.1) is 6.07 Å². The van der Waals surface area contributed by atoms with Crippen molar-refractivity contribution in [3.8, 4) is 6.07 Å². The SMILES string of the molecule is CC(=O)OCOC(=O)N[C@H](C(=O)N1CCC[C@H]1C#N)C(C)(C)C. The number of hydrogen-bond donors (Lipinski definition) is 1. The molecule has 0 saturated carbocycles. The fourth-order valence-corrected chi connectivity index (χ4v) is 2.30. The Labute approximate surface area is 135 Å². The fourth-order valence-electron chi connectivity index (χ4n) is 2.30. The number of carbonyl (C=O) groups excluding carboxylic acids is 3. The van der Waals surface area contributed by atoms with E-state index in [0.717, 1.165) is 6.42 Å². The largest absolute Gasteiger partial charge is 0.428 e. The van der Waals surface area contributed by atoms with E-state index in [9.17, 15) is 14.4 Å². The van der Waals surface area contributed by atoms with Crippen molar-refractivity contribution in [2.24, 2.45) is 5.41 Å². The topological polar surface area (TPSA) is 109 Å². The van der Waals surface area contributed by atoms with E-state index in [4.69, 9.17) is 10.00 Å². The Kier molecular flexibility index (Phi) is 6.37. The third-order valence-corrected chi connectivity index (χ3v) is 3.51. The number of rotatable bonds is 4. The highest BCUT2D eigenvalue weighted by Crippen LogP contribution is 2.25. The third kappa shape index (κ3) is 5.43. The summed E-state index contributed by atoms with van der Waals surface area (Å²) in [6, 6.07) is 0.792. The second-order valence-electron chi connectivity index (χ2n) is 6.45. The molecule has 0 unspecified atom stereocenters. The molecule has 1 saturated heterocycles. The van der Waals surface area contributed by atoms with Crippen molar-refractivity contribution in [1.82, 2.24) is 10.2 Å². The molecule has 8 heteroatoms. The van der Waals surface area contributed by atoms with Gasteiger partial charge in [0.2, 0.25) is 12.7 Å². The summed E-state index contributed by atoms with van der Waals surface area (Å²) < 4.78 is 9.23. The Balaban J connectivity index is 2.73. The Morgan fingerprint density at radius 1 is 1.35 bits per heavy atom. The molecule has 0 aromatic heterocycles. The number of nitrogens with one attached hydrogen (secondary N) is 1. The minimum atomic E-state index is -0.854. The molecule has 1 rings (SSSR count). The molecule has 0 aromatic rings. The van der Waals surface area contributed by atoms with Crippen LogP contribution in [0.2, 0.25) is 0 Å². The van der Waals surface area contributed by atoms with Gasteiger partial charge >= 0.3 is 12.1 Å². The molecule has 0 aliphatic carbocycles. The summed E-state index contributed by atoms with van der Waals surface area (Å²) in [4.78, 5) is 36.6. The van der Waals surface area contributed by atoms with Crippen LogP contribution < -0.4 is 5.32 Å². The van der Waals surface area contributed by atoms with Gasteiger partial charge in [-0.2, -0.15) is 5.26 Å². The molecule has 1 aliphatic rings. The van der Waals surface area contributed by atoms with Crippen LogP contribution in [0.1, 0.15) is 40.5 Å². The van der Waals surface area contributed by atoms with Gasteiger partial charge in [0, 0.05) is 13.5 Å². The number of nitriles is 1. The van der Waals surface area contributed by atoms with Gasteiger partial charge in [-0.3, -0.25) is 9.59 Å². The quantitative estimate of drug-likeness (QED) is 0.614. The van der Waals surface area contributed by atoms with Crippen molar-refractivity contribution in [3.63, 3.8) is 0 Å². The average Bonchev–Trinajstić information content (AvgIpc) is 2.90. The molecule has 0 radical (unpaired) electrons. The summed E-state index contributed by atoms with van der Waals surface area (Å²) in [6.45, 7) is 6.58. The van der Waals surface area contributed by atoms with Crippen LogP contribution in [0, 0.1) is 16.7 Å². The highest BCUT2D eigenvalue weighted by atomic mass is 16.7. The van der Waals surface area contributed by atoms with Crippen LogP contribution in [0.4, 0.5) is 4.79 Å². The number of alkyl carbamates (subject to hydrolysis) is 1. The van der Waals surface area contributed by atoms with Crippen molar-refractivity contribution in [2.45, 2.75) is 52.6 Å². The van der Waals surface area contributed by atoms with Gasteiger partial charge in [0.25, 0.3) is 0 Å². The maximum atomic E-state index is 12.7. The zero-order valence-electron chi connectivity index (χ0n) is 13.9. The number of amides is 2. The Morgan fingerprint density at radius 2 is 2.00 bits per heavy atom. The lowest BCUT2D eigenvalue weighted by Gasteiger charge is -2.34. The van der Waals surface area contributed by atoms with Crippen molar-refractivity contribution >= 4 is 18.0 Å². The van der Waals surface area contributed by atoms with Gasteiger partial charge in [-0.1, -0.05) is 20.8 Å². The predicted octanol–water partition coefficient (Wildman–Crippen LogP) is 1.16. The van der Waals surface area contributed by atoms with Crippen molar-refractivity contribution in [3.05, 3.63) is 0 Å². The maximum Gasteiger partial charge on any atom is 0.410 e. The van der Waals surface area contributed by atoms with Crippen molar-refractivity contribution in [2.75, 3.05) is 13.3 Å². The van der Waals surface area contributed by atoms with Crippen LogP contribution >= 0.6 is 0 Å². The van der Waals surface area contributed by atoms with E-state index in [1.807, 2.05) is 0 Å². The summed E-state index contributed by atoms with van der Waals surface area (Å²) in [5, 5.41) is 11.6. The predicted molar refractivity (Wildman–Crippen MR) is 79.8 cm³/mol. The number of carbonyl (C=O) groups is 3. The lowest BCUT2D eigenvalue weighted by atomic mass is 9.85. The lowest BCUT2D eigenvalue weighted by Crippen LogP contribution is -2.55. The van der Waals surface area contributed by atoms with E-state index in [1.54, 1.807) is 20.8 Å². The van der Waals surface area contributed by atoms with E-state index in [1.165, 1.54) is 11.8 Å². The van der Waals surface area contributed by atoms with E-state index < -0.39 is 36.4 Å². The molecule has 2 atom stereocenters. The van der Waals surface area contributed by atoms with Gasteiger partial charge in [0.15, 0.2) is 0 Å². The molecule has 1 fully saturated rings. The first kappa shape index (κ1) is 18.7. The number of esters is 1. The van der Waals surface area contributed by atoms with E-state index in [-0.39, 0.29) is 5.91 Å². The van der Waals surface area contributed by atoms with Crippen LogP contribution in [0.15, 0.2) is 0 Å². The van der Waals surface area contributed by atoms with Gasteiger partial charge < -0.3 is 19.7 Å². The summed E-state index contributed by atoms with van der Waals surface area (Å²) in [5.74, 6) is -0.888. The number of ether oxygens (including phenoxy) is 2. The Morgan fingerprint density at radius 3 is 2.52 bits per heavy atom. The second-order valence-corrected chi connectivity index (χ2v) is 6.45. The summed E-state index contributed by atoms with van der Waals surface area (Å²) in [7, 11) is 0. The molecule has 0 bridgehead atoms. The first-order valence-corrected chi connectivity index (χ1v) is 7.43. The Hall–Kier alpha value is -2.30. The first-order chi connectivity index (χ1) is 10.7. The molecule has 1 N–H and O–H groups in total. The molecule has 8 nitrogen and oxygen atoms in total. The summed E-state index contributed by atoms with van der Waals surface area (Å²) >= 11 is 0. The highest BCUT2D eigenvalue weighted by molar-refractivity contribution is 5.87. The summed E-state index contributed by atoms with van der Waals surface area (Å²) in [5.41, 5.74) is -0.569. The summed E-state index contributed by atoms with van der Waals surface area (Å²) in [6.07, 6.45) is 0.542. The number of nitrogens with zero attached hydrogens (tertiary/aromatic N) is 2. The second kappa shape index (κ2) is 7.81. The number of likely N-dealkylation sites (tertiary alicyclic amines) is 1. The fraction of sp³-hybridized carbons (Fsp3) is 0.733. The van der Waals surface area contributed by atoms with Gasteiger partial charge in [-0.25, -0.2) is 4.79 Å². The zero-order valence-corrected chi connectivity index (χ0v) is 13.9. The molecule has 2 amide bonds. The lowest BCUT2D eigenvalue weighted by molar-refractivity contribution is -0.149. The molecule has 128 valence electrons. The molecule has 0 aromatic carbocycles. The van der Waals surface area contributed by atoms with Crippen LogP contribution in [0.5, 0.6) is 0 Å². The molecule has 23 heavy (non-hydrogen) atoms. The highest BCUT2D eigenvalue weighted by Gasteiger charge is 2.40. The van der Waals surface area contributed by atoms with E-state index >= 15 is 0 Å². The minimum Gasteiger partial charge on any atom is -0.428 e. The maximum absolute atomic E-state index is 12.7. The molecule has 1 heterocycles. The van der Waals surface area contributed by atoms with E-state index in [0.29, 0.717) is 13.0 Å². The van der Waals surface area contributed by atoms with Crippen LogP contribution in [0.25, 0.3) is 0 Å². The van der Waals surface area contributed by atoms with E-state index in [2.05, 4.69) is 16.1 Å². The molecular formula is C15H23N3O5. The zero-order chi connectivity index (χ0) is 17.6. The monoisotopic (exact) mass is 325 g/mol. The van der Waals surface area contributed by atoms with Crippen molar-refractivity contribution < 1.29 is 23.9 Å². The minimum absolute atomic E-state index is 0.314. The smallest absolute Gasteiger partial charge is 0.410 e. The van der Waals surface area contributed by atoms with Crippen LogP contribution in [0.3, 0.4) is 0 Å². The third-order valence-electron chi connectivity index (χ3n) is 3.51. The van der Waals surface area contributed by atoms with Gasteiger partial charge in [-0.15, -0.1) is 0 Å². The molecule has 1 aliphatic heterocycles. The number of hydrogen-bond acceptors (Lipinski definition) is 6. The molecule has 0 spiro atoms. The normalized spacial score (nSPS) is 18.7. The van der Waals surface area contributed by atoms with Crippen LogP contribution in [-0.2, 0) is 19.1 Å². The van der Waals surface area contributed by atoms with Gasteiger partial charge in [-0.05, 0) is 18.3 Å². The standard InChI is InChI=1S/C15H23N3O5/c1-10(19)22-9-23-14(21)17-12(15(2,3)4)13(20)18-7-5-6-11(18)8-16/h11-12H,5-7,9H2,1-4H3,(H,17,21)/t11-,12+/m0/s1. The Bertz CT molecular complexity index is 506. The van der Waals surface area contributed by atoms with Crippen molar-refractivity contribution in [1.29, 1.82) is 5.26 Å². The van der Waals surface area contributed by atoms with Gasteiger partial charge in [0.1, 0.15) is 12.1 Å². The molecular weight excluding hydrogens is 302 g/mol.